The van der Waals surface area contributed by atoms with Crippen molar-refractivity contribution in [3.05, 3.63) is 125 Å². The zero-order chi connectivity index (χ0) is 29.0. The van der Waals surface area contributed by atoms with Gasteiger partial charge in [0.1, 0.15) is 23.7 Å². The summed E-state index contributed by atoms with van der Waals surface area (Å²) in [7, 11) is 1.59. The molecule has 7 rings (SSSR count). The molecule has 4 aromatic carbocycles. The van der Waals surface area contributed by atoms with E-state index < -0.39 is 35.7 Å². The lowest BCUT2D eigenvalue weighted by molar-refractivity contribution is -0.120. The van der Waals surface area contributed by atoms with Gasteiger partial charge in [0.25, 0.3) is 11.8 Å². The van der Waals surface area contributed by atoms with Gasteiger partial charge in [-0.1, -0.05) is 42.5 Å². The van der Waals surface area contributed by atoms with Crippen LogP contribution >= 0.6 is 0 Å². The van der Waals surface area contributed by atoms with E-state index in [2.05, 4.69) is 10.3 Å². The number of carbonyl (C=O) groups excluding carboxylic acids is 3. The van der Waals surface area contributed by atoms with Crippen LogP contribution in [0.15, 0.2) is 97.1 Å². The van der Waals surface area contributed by atoms with Crippen LogP contribution in [0.3, 0.4) is 0 Å². The highest BCUT2D eigenvalue weighted by Gasteiger charge is 2.53. The van der Waals surface area contributed by atoms with E-state index in [0.29, 0.717) is 17.9 Å². The van der Waals surface area contributed by atoms with Crippen LogP contribution in [0.25, 0.3) is 10.9 Å². The summed E-state index contributed by atoms with van der Waals surface area (Å²) < 4.78 is 18.7. The molecule has 8 nitrogen and oxygen atoms in total. The van der Waals surface area contributed by atoms with Crippen LogP contribution in [0.5, 0.6) is 5.75 Å². The van der Waals surface area contributed by atoms with Crippen molar-refractivity contribution in [1.82, 2.24) is 9.88 Å². The summed E-state index contributed by atoms with van der Waals surface area (Å²) in [5.41, 5.74) is 4.30. The van der Waals surface area contributed by atoms with Gasteiger partial charge < -0.3 is 15.0 Å². The molecule has 2 aliphatic rings. The van der Waals surface area contributed by atoms with Crippen molar-refractivity contribution >= 4 is 40.1 Å². The molecule has 4 amide bonds. The predicted octanol–water partition coefficient (Wildman–Crippen LogP) is 6.05. The summed E-state index contributed by atoms with van der Waals surface area (Å²) in [6.45, 7) is 0. The summed E-state index contributed by atoms with van der Waals surface area (Å²) in [4.78, 5) is 48.0. The standard InChI is InChI=1S/C33H25FN4O4/c1-42-22-16-10-19(11-17-22)30-29-25(23-6-2-4-8-26(23)36-29)18-28-32(40)38(33(41)37(28)30)27-9-5-3-7-24(27)31(39)35-21-14-12-20(34)13-15-21/h2-17,28,30,36H,18H2,1H3,(H,35,39)/t28-,30?/m0/s1. The number of rotatable bonds is 5. The van der Waals surface area contributed by atoms with E-state index in [9.17, 15) is 18.8 Å². The first kappa shape index (κ1) is 25.5. The Kier molecular flexibility index (Phi) is 6.00. The van der Waals surface area contributed by atoms with Crippen molar-refractivity contribution in [1.29, 1.82) is 0 Å². The number of H-pyrrole nitrogens is 1. The van der Waals surface area contributed by atoms with Gasteiger partial charge in [-0.15, -0.1) is 0 Å². The number of anilines is 2. The van der Waals surface area contributed by atoms with Crippen molar-refractivity contribution in [2.75, 3.05) is 17.3 Å². The first-order chi connectivity index (χ1) is 20.4. The highest BCUT2D eigenvalue weighted by Crippen LogP contribution is 2.45. The molecule has 9 heteroatoms. The van der Waals surface area contributed by atoms with E-state index >= 15 is 0 Å². The molecule has 2 N–H and O–H groups in total. The summed E-state index contributed by atoms with van der Waals surface area (Å²) in [6, 6.07) is 25.3. The van der Waals surface area contributed by atoms with E-state index in [-0.39, 0.29) is 11.3 Å². The molecule has 2 atom stereocenters. The molecule has 1 saturated heterocycles. The van der Waals surface area contributed by atoms with Crippen molar-refractivity contribution in [2.45, 2.75) is 18.5 Å². The smallest absolute Gasteiger partial charge is 0.332 e. The lowest BCUT2D eigenvalue weighted by Crippen LogP contribution is -2.44. The molecule has 0 spiro atoms. The number of nitrogens with zero attached hydrogens (tertiary/aromatic N) is 2. The Balaban J connectivity index is 1.31. The number of imide groups is 1. The SMILES string of the molecule is COc1ccc(C2c3[nH]c4ccccc4c3C[C@H]3C(=O)N(c4ccccc4C(=O)Nc4ccc(F)cc4)C(=O)N23)cc1. The minimum atomic E-state index is -0.774. The van der Waals surface area contributed by atoms with Crippen molar-refractivity contribution in [3.8, 4) is 5.75 Å². The lowest BCUT2D eigenvalue weighted by Gasteiger charge is -2.36. The number of hydrogen-bond acceptors (Lipinski definition) is 4. The monoisotopic (exact) mass is 560 g/mol. The molecular weight excluding hydrogens is 535 g/mol. The fraction of sp³-hybridized carbons (Fsp3) is 0.121. The molecule has 3 heterocycles. The maximum Gasteiger partial charge on any atom is 0.332 e. The minimum absolute atomic E-state index is 0.147. The van der Waals surface area contributed by atoms with Gasteiger partial charge in [-0.25, -0.2) is 14.1 Å². The number of aromatic nitrogens is 1. The van der Waals surface area contributed by atoms with Gasteiger partial charge >= 0.3 is 6.03 Å². The summed E-state index contributed by atoms with van der Waals surface area (Å²) in [5, 5.41) is 3.74. The van der Waals surface area contributed by atoms with Gasteiger partial charge in [-0.3, -0.25) is 14.5 Å². The van der Waals surface area contributed by atoms with Crippen LogP contribution < -0.4 is 15.0 Å². The average molecular weight is 561 g/mol. The molecule has 0 aliphatic carbocycles. The molecule has 0 bridgehead atoms. The third kappa shape index (κ3) is 4.01. The topological polar surface area (TPSA) is 94.7 Å². The van der Waals surface area contributed by atoms with Gasteiger partial charge in [-0.05, 0) is 65.7 Å². The highest BCUT2D eigenvalue weighted by atomic mass is 19.1. The number of carbonyl (C=O) groups is 3. The summed E-state index contributed by atoms with van der Waals surface area (Å²) in [5.74, 6) is -0.682. The summed E-state index contributed by atoms with van der Waals surface area (Å²) in [6.07, 6.45) is 0.330. The van der Waals surface area contributed by atoms with Crippen LogP contribution in [-0.4, -0.2) is 40.9 Å². The first-order valence-electron chi connectivity index (χ1n) is 13.5. The van der Waals surface area contributed by atoms with E-state index in [1.165, 1.54) is 24.3 Å². The first-order valence-corrected chi connectivity index (χ1v) is 13.5. The van der Waals surface area contributed by atoms with Gasteiger partial charge in [0.15, 0.2) is 0 Å². The Labute approximate surface area is 240 Å². The van der Waals surface area contributed by atoms with Crippen LogP contribution in [0, 0.1) is 5.82 Å². The van der Waals surface area contributed by atoms with Crippen LogP contribution in [0.2, 0.25) is 0 Å². The highest BCUT2D eigenvalue weighted by molar-refractivity contribution is 6.24. The van der Waals surface area contributed by atoms with Gasteiger partial charge in [0, 0.05) is 28.7 Å². The Morgan fingerprint density at radius 2 is 1.64 bits per heavy atom. The van der Waals surface area contributed by atoms with E-state index in [0.717, 1.165) is 32.6 Å². The number of ether oxygens (including phenoxy) is 1. The quantitative estimate of drug-likeness (QED) is 0.256. The third-order valence-electron chi connectivity index (χ3n) is 7.97. The van der Waals surface area contributed by atoms with Crippen molar-refractivity contribution in [3.63, 3.8) is 0 Å². The minimum Gasteiger partial charge on any atom is -0.497 e. The second-order valence-corrected chi connectivity index (χ2v) is 10.3. The second kappa shape index (κ2) is 9.88. The van der Waals surface area contributed by atoms with E-state index in [4.69, 9.17) is 4.74 Å². The largest absolute Gasteiger partial charge is 0.497 e. The number of hydrogen-bond donors (Lipinski definition) is 2. The maximum absolute atomic E-state index is 14.3. The number of fused-ring (bicyclic) bond motifs is 4. The number of methoxy groups -OCH3 is 1. The van der Waals surface area contributed by atoms with Crippen LogP contribution in [0.1, 0.15) is 33.2 Å². The van der Waals surface area contributed by atoms with Crippen LogP contribution in [0.4, 0.5) is 20.6 Å². The number of nitrogens with one attached hydrogen (secondary N) is 2. The zero-order valence-corrected chi connectivity index (χ0v) is 22.5. The number of urea groups is 1. The number of amides is 4. The number of aromatic amines is 1. The average Bonchev–Trinajstić information content (AvgIpc) is 3.51. The molecular formula is C33H25FN4O4. The van der Waals surface area contributed by atoms with Crippen molar-refractivity contribution in [2.24, 2.45) is 0 Å². The third-order valence-corrected chi connectivity index (χ3v) is 7.97. The van der Waals surface area contributed by atoms with E-state index in [1.54, 1.807) is 36.3 Å². The Morgan fingerprint density at radius 1 is 0.929 bits per heavy atom. The normalized spacial score (nSPS) is 17.8. The Hall–Kier alpha value is -5.44. The molecule has 42 heavy (non-hydrogen) atoms. The van der Waals surface area contributed by atoms with Gasteiger partial charge in [0.2, 0.25) is 0 Å². The molecule has 1 aromatic heterocycles. The molecule has 208 valence electrons. The van der Waals surface area contributed by atoms with Crippen LogP contribution in [-0.2, 0) is 11.2 Å². The van der Waals surface area contributed by atoms with Gasteiger partial charge in [0.05, 0.1) is 18.4 Å². The lowest BCUT2D eigenvalue weighted by atomic mass is 9.89. The second-order valence-electron chi connectivity index (χ2n) is 10.3. The molecule has 2 aliphatic heterocycles. The predicted molar refractivity (Wildman–Crippen MR) is 156 cm³/mol. The Bertz CT molecular complexity index is 1870. The molecule has 1 fully saturated rings. The molecule has 0 saturated carbocycles. The number of halogens is 1. The molecule has 5 aromatic rings. The summed E-state index contributed by atoms with van der Waals surface area (Å²) >= 11 is 0. The fourth-order valence-corrected chi connectivity index (χ4v) is 6.02. The number of benzene rings is 4. The fourth-order valence-electron chi connectivity index (χ4n) is 6.02. The number of para-hydroxylation sites is 2. The molecule has 0 radical (unpaired) electrons. The van der Waals surface area contributed by atoms with Gasteiger partial charge in [-0.2, -0.15) is 0 Å². The zero-order valence-electron chi connectivity index (χ0n) is 22.5. The van der Waals surface area contributed by atoms with E-state index in [1.807, 2.05) is 48.5 Å². The maximum atomic E-state index is 14.3. The Morgan fingerprint density at radius 3 is 2.40 bits per heavy atom. The molecule has 1 unspecified atom stereocenters. The van der Waals surface area contributed by atoms with Crippen molar-refractivity contribution < 1.29 is 23.5 Å².